The van der Waals surface area contributed by atoms with Crippen LogP contribution in [0.2, 0.25) is 0 Å². The van der Waals surface area contributed by atoms with Gasteiger partial charge in [-0.1, -0.05) is 34.6 Å². The fraction of sp³-hybridized carbons (Fsp3) is 1.00. The van der Waals surface area contributed by atoms with Crippen molar-refractivity contribution >= 4 is 0 Å². The number of nitrogens with one attached hydrogen (secondary N) is 1. The molecule has 0 bridgehead atoms. The van der Waals surface area contributed by atoms with Crippen molar-refractivity contribution in [3.05, 3.63) is 0 Å². The van der Waals surface area contributed by atoms with Crippen LogP contribution < -0.4 is 5.32 Å². The zero-order chi connectivity index (χ0) is 15.3. The molecular weight excluding hydrogens is 262 g/mol. The van der Waals surface area contributed by atoms with E-state index in [0.717, 1.165) is 19.6 Å². The molecule has 1 fully saturated rings. The Morgan fingerprint density at radius 2 is 1.95 bits per heavy atom. The lowest BCUT2D eigenvalue weighted by molar-refractivity contribution is -0.00757. The van der Waals surface area contributed by atoms with Crippen molar-refractivity contribution in [1.82, 2.24) is 10.2 Å². The zero-order valence-corrected chi connectivity index (χ0v) is 13.5. The number of halogens is 2. The number of hydrogen-bond acceptors (Lipinski definition) is 3. The average molecular weight is 292 g/mol. The molecule has 0 radical (unpaired) electrons. The molecule has 1 saturated heterocycles. The normalized spacial score (nSPS) is 25.6. The molecule has 0 aromatic carbocycles. The summed E-state index contributed by atoms with van der Waals surface area (Å²) in [4.78, 5) is 2.39. The van der Waals surface area contributed by atoms with Crippen LogP contribution in [0.5, 0.6) is 0 Å². The quantitative estimate of drug-likeness (QED) is 0.762. The minimum absolute atomic E-state index is 0.198. The zero-order valence-electron chi connectivity index (χ0n) is 13.5. The van der Waals surface area contributed by atoms with E-state index in [9.17, 15) is 8.78 Å². The maximum atomic E-state index is 12.1. The van der Waals surface area contributed by atoms with E-state index in [2.05, 4.69) is 44.8 Å². The molecule has 1 rings (SSSR count). The van der Waals surface area contributed by atoms with Crippen molar-refractivity contribution < 1.29 is 13.5 Å². The maximum Gasteiger partial charge on any atom is 0.261 e. The van der Waals surface area contributed by atoms with Gasteiger partial charge in [0.1, 0.15) is 6.61 Å². The second-order valence-corrected chi connectivity index (χ2v) is 7.10. The number of hydrogen-bond donors (Lipinski definition) is 1. The summed E-state index contributed by atoms with van der Waals surface area (Å²) in [5.41, 5.74) is 0.198. The smallest absolute Gasteiger partial charge is 0.261 e. The lowest BCUT2D eigenvalue weighted by atomic mass is 9.83. The highest BCUT2D eigenvalue weighted by Crippen LogP contribution is 2.25. The minimum Gasteiger partial charge on any atom is -0.374 e. The van der Waals surface area contributed by atoms with Crippen LogP contribution in [-0.4, -0.2) is 56.3 Å². The van der Waals surface area contributed by atoms with Crippen LogP contribution in [-0.2, 0) is 4.74 Å². The van der Waals surface area contributed by atoms with Crippen molar-refractivity contribution in [3.63, 3.8) is 0 Å². The molecule has 0 spiro atoms. The van der Waals surface area contributed by atoms with E-state index >= 15 is 0 Å². The van der Waals surface area contributed by atoms with Gasteiger partial charge < -0.3 is 10.1 Å². The highest BCUT2D eigenvalue weighted by atomic mass is 19.3. The summed E-state index contributed by atoms with van der Waals surface area (Å²) in [5, 5.41) is 3.63. The third-order valence-corrected chi connectivity index (χ3v) is 4.04. The van der Waals surface area contributed by atoms with E-state index in [1.54, 1.807) is 0 Å². The van der Waals surface area contributed by atoms with Gasteiger partial charge in [0.2, 0.25) is 0 Å². The second kappa shape index (κ2) is 7.66. The summed E-state index contributed by atoms with van der Waals surface area (Å²) in [5.74, 6) is 0.540. The van der Waals surface area contributed by atoms with Gasteiger partial charge in [0.15, 0.2) is 0 Å². The van der Waals surface area contributed by atoms with Crippen LogP contribution in [0.4, 0.5) is 8.78 Å². The molecule has 20 heavy (non-hydrogen) atoms. The second-order valence-electron chi connectivity index (χ2n) is 7.10. The number of ether oxygens (including phenoxy) is 1. The Balaban J connectivity index is 2.51. The molecule has 1 aliphatic heterocycles. The van der Waals surface area contributed by atoms with Crippen molar-refractivity contribution in [2.75, 3.05) is 32.8 Å². The first-order valence-electron chi connectivity index (χ1n) is 7.55. The summed E-state index contributed by atoms with van der Waals surface area (Å²) in [7, 11) is 0. The van der Waals surface area contributed by atoms with Gasteiger partial charge in [0.25, 0.3) is 6.43 Å². The molecule has 5 heteroatoms. The first kappa shape index (κ1) is 17.8. The van der Waals surface area contributed by atoms with E-state index < -0.39 is 13.0 Å². The van der Waals surface area contributed by atoms with Gasteiger partial charge in [0, 0.05) is 31.7 Å². The fourth-order valence-corrected chi connectivity index (χ4v) is 2.68. The lowest BCUT2D eigenvalue weighted by Crippen LogP contribution is -2.62. The highest BCUT2D eigenvalue weighted by Gasteiger charge is 2.34. The molecular formula is C15H30F2N2O. The largest absolute Gasteiger partial charge is 0.374 e. The Kier molecular flexibility index (Phi) is 6.82. The van der Waals surface area contributed by atoms with Crippen LogP contribution in [0.15, 0.2) is 0 Å². The molecule has 0 amide bonds. The van der Waals surface area contributed by atoms with Gasteiger partial charge in [-0.05, 0) is 11.3 Å². The minimum atomic E-state index is -2.37. The van der Waals surface area contributed by atoms with Crippen LogP contribution in [0.3, 0.4) is 0 Å². The molecule has 1 heterocycles. The van der Waals surface area contributed by atoms with Gasteiger partial charge in [-0.2, -0.15) is 0 Å². The number of piperazine rings is 1. The molecule has 3 nitrogen and oxygen atoms in total. The van der Waals surface area contributed by atoms with E-state index in [4.69, 9.17) is 4.74 Å². The van der Waals surface area contributed by atoms with E-state index in [0.29, 0.717) is 24.6 Å². The Hall–Kier alpha value is -0.260. The summed E-state index contributed by atoms with van der Waals surface area (Å²) in [6.45, 7) is 13.6. The Bertz CT molecular complexity index is 280. The van der Waals surface area contributed by atoms with E-state index in [-0.39, 0.29) is 5.41 Å². The van der Waals surface area contributed by atoms with Gasteiger partial charge in [-0.3, -0.25) is 4.90 Å². The van der Waals surface area contributed by atoms with Crippen LogP contribution in [0.25, 0.3) is 0 Å². The molecule has 0 aromatic heterocycles. The predicted octanol–water partition coefficient (Wildman–Crippen LogP) is 2.61. The van der Waals surface area contributed by atoms with Gasteiger partial charge in [-0.15, -0.1) is 0 Å². The molecule has 1 N–H and O–H groups in total. The van der Waals surface area contributed by atoms with E-state index in [1.165, 1.54) is 0 Å². The van der Waals surface area contributed by atoms with Crippen LogP contribution in [0, 0.1) is 11.3 Å². The maximum absolute atomic E-state index is 12.1. The van der Waals surface area contributed by atoms with Gasteiger partial charge >= 0.3 is 0 Å². The van der Waals surface area contributed by atoms with Crippen LogP contribution >= 0.6 is 0 Å². The van der Waals surface area contributed by atoms with Gasteiger partial charge in [-0.25, -0.2) is 8.78 Å². The Morgan fingerprint density at radius 3 is 2.45 bits per heavy atom. The van der Waals surface area contributed by atoms with Crippen molar-refractivity contribution in [1.29, 1.82) is 0 Å². The van der Waals surface area contributed by atoms with Crippen molar-refractivity contribution in [3.8, 4) is 0 Å². The number of nitrogens with zero attached hydrogens (tertiary/aromatic N) is 1. The number of rotatable bonds is 6. The summed E-state index contributed by atoms with van der Waals surface area (Å²) >= 11 is 0. The summed E-state index contributed by atoms with van der Waals surface area (Å²) in [6.07, 6.45) is -2.37. The monoisotopic (exact) mass is 292 g/mol. The van der Waals surface area contributed by atoms with Crippen LogP contribution in [0.1, 0.15) is 34.6 Å². The molecule has 1 aliphatic rings. The molecule has 2 atom stereocenters. The first-order valence-corrected chi connectivity index (χ1v) is 7.55. The molecule has 0 aliphatic carbocycles. The SMILES string of the molecule is CC(C)C1CNC(C(C)(C)C)CN1CCOCC(F)F. The Morgan fingerprint density at radius 1 is 1.30 bits per heavy atom. The number of alkyl halides is 2. The standard InChI is InChI=1S/C15H30F2N2O/c1-11(2)12-8-18-13(15(3,4)5)9-19(12)6-7-20-10-14(16)17/h11-14,18H,6-10H2,1-5H3. The van der Waals surface area contributed by atoms with E-state index in [1.807, 2.05) is 0 Å². The molecule has 0 saturated carbocycles. The predicted molar refractivity (Wildman–Crippen MR) is 78.3 cm³/mol. The topological polar surface area (TPSA) is 24.5 Å². The average Bonchev–Trinajstić information content (AvgIpc) is 2.32. The fourth-order valence-electron chi connectivity index (χ4n) is 2.68. The van der Waals surface area contributed by atoms with Gasteiger partial charge in [0.05, 0.1) is 6.61 Å². The third-order valence-electron chi connectivity index (χ3n) is 4.04. The molecule has 2 unspecified atom stereocenters. The van der Waals surface area contributed by atoms with Crippen molar-refractivity contribution in [2.24, 2.45) is 11.3 Å². The third kappa shape index (κ3) is 5.62. The molecule has 120 valence electrons. The Labute approximate surface area is 122 Å². The highest BCUT2D eigenvalue weighted by molar-refractivity contribution is 4.92. The summed E-state index contributed by atoms with van der Waals surface area (Å²) in [6, 6.07) is 0.872. The lowest BCUT2D eigenvalue weighted by Gasteiger charge is -2.46. The first-order chi connectivity index (χ1) is 9.21. The molecule has 0 aromatic rings. The van der Waals surface area contributed by atoms with Crippen molar-refractivity contribution in [2.45, 2.75) is 53.1 Å². The summed E-state index contributed by atoms with van der Waals surface area (Å²) < 4.78 is 29.2.